The van der Waals surface area contributed by atoms with Gasteiger partial charge in [0.15, 0.2) is 0 Å². The molecule has 0 bridgehead atoms. The largest absolute Gasteiger partial charge is 0.465 e. The van der Waals surface area contributed by atoms with E-state index in [0.29, 0.717) is 12.0 Å². The van der Waals surface area contributed by atoms with Gasteiger partial charge in [-0.3, -0.25) is 10.1 Å². The van der Waals surface area contributed by atoms with Crippen molar-refractivity contribution < 1.29 is 19.6 Å². The van der Waals surface area contributed by atoms with Gasteiger partial charge in [0.1, 0.15) is 5.56 Å². The third-order valence-electron chi connectivity index (χ3n) is 4.61. The maximum Gasteiger partial charge on any atom is 0.344 e. The van der Waals surface area contributed by atoms with Crippen LogP contribution in [-0.2, 0) is 4.74 Å². The average molecular weight is 322 g/mol. The molecule has 1 saturated carbocycles. The topological polar surface area (TPSA) is 92.9 Å². The summed E-state index contributed by atoms with van der Waals surface area (Å²) in [6.45, 7) is 0.223. The van der Waals surface area contributed by atoms with Crippen molar-refractivity contribution in [3.8, 4) is 0 Å². The summed E-state index contributed by atoms with van der Waals surface area (Å²) in [6.07, 6.45) is 3.82. The highest BCUT2D eigenvalue weighted by atomic mass is 16.6. The lowest BCUT2D eigenvalue weighted by molar-refractivity contribution is -0.385. The van der Waals surface area contributed by atoms with Gasteiger partial charge in [-0.1, -0.05) is 0 Å². The second-order valence-corrected chi connectivity index (χ2v) is 5.92. The van der Waals surface area contributed by atoms with Crippen molar-refractivity contribution in [3.63, 3.8) is 0 Å². The van der Waals surface area contributed by atoms with Crippen molar-refractivity contribution in [2.75, 3.05) is 25.7 Å². The van der Waals surface area contributed by atoms with Crippen LogP contribution in [0.3, 0.4) is 0 Å². The first kappa shape index (κ1) is 17.2. The molecule has 0 aromatic heterocycles. The van der Waals surface area contributed by atoms with Crippen LogP contribution in [0.25, 0.3) is 0 Å². The number of carbonyl (C=O) groups is 1. The minimum atomic E-state index is -0.712. The van der Waals surface area contributed by atoms with Crippen LogP contribution in [0.5, 0.6) is 0 Å². The lowest BCUT2D eigenvalue weighted by Crippen LogP contribution is -2.35. The van der Waals surface area contributed by atoms with Crippen LogP contribution in [0.2, 0.25) is 0 Å². The Morgan fingerprint density at radius 1 is 1.39 bits per heavy atom. The van der Waals surface area contributed by atoms with E-state index in [4.69, 9.17) is 0 Å². The fraction of sp³-hybridized carbons (Fsp3) is 0.562. The van der Waals surface area contributed by atoms with Crippen LogP contribution in [0.15, 0.2) is 18.2 Å². The molecule has 0 atom stereocenters. The van der Waals surface area contributed by atoms with E-state index >= 15 is 0 Å². The van der Waals surface area contributed by atoms with Gasteiger partial charge >= 0.3 is 5.97 Å². The molecule has 1 fully saturated rings. The first-order valence-corrected chi connectivity index (χ1v) is 7.68. The molecule has 0 saturated heterocycles. The number of nitrogens with zero attached hydrogens (tertiary/aromatic N) is 2. The van der Waals surface area contributed by atoms with Gasteiger partial charge in [0.25, 0.3) is 5.69 Å². The molecule has 1 aromatic carbocycles. The van der Waals surface area contributed by atoms with Crippen LogP contribution in [0, 0.1) is 16.0 Å². The summed E-state index contributed by atoms with van der Waals surface area (Å²) in [4.78, 5) is 24.3. The molecule has 0 amide bonds. The Morgan fingerprint density at radius 3 is 2.57 bits per heavy atom. The number of nitro groups is 1. The molecule has 126 valence electrons. The Kier molecular flexibility index (Phi) is 5.54. The highest BCUT2D eigenvalue weighted by Gasteiger charge is 2.26. The summed E-state index contributed by atoms with van der Waals surface area (Å²) >= 11 is 0. The summed E-state index contributed by atoms with van der Waals surface area (Å²) in [5.41, 5.74) is 0.465. The van der Waals surface area contributed by atoms with Crippen molar-refractivity contribution in [2.24, 2.45) is 5.92 Å². The normalized spacial score (nSPS) is 20.8. The van der Waals surface area contributed by atoms with E-state index in [2.05, 4.69) is 4.74 Å². The van der Waals surface area contributed by atoms with Crippen LogP contribution in [-0.4, -0.2) is 42.8 Å². The second-order valence-electron chi connectivity index (χ2n) is 5.92. The molecule has 0 heterocycles. The first-order valence-electron chi connectivity index (χ1n) is 7.68. The number of carbonyl (C=O) groups excluding carboxylic acids is 1. The zero-order valence-corrected chi connectivity index (χ0v) is 13.4. The highest BCUT2D eigenvalue weighted by molar-refractivity contribution is 5.95. The maximum atomic E-state index is 11.8. The Bertz CT molecular complexity index is 582. The number of aliphatic hydroxyl groups is 1. The van der Waals surface area contributed by atoms with E-state index in [1.807, 2.05) is 11.9 Å². The molecule has 0 radical (unpaired) electrons. The smallest absolute Gasteiger partial charge is 0.344 e. The van der Waals surface area contributed by atoms with Gasteiger partial charge in [0.2, 0.25) is 0 Å². The Morgan fingerprint density at radius 2 is 2.04 bits per heavy atom. The molecular formula is C16H22N2O5. The van der Waals surface area contributed by atoms with Crippen molar-refractivity contribution >= 4 is 17.3 Å². The minimum Gasteiger partial charge on any atom is -0.465 e. The van der Waals surface area contributed by atoms with Gasteiger partial charge in [-0.15, -0.1) is 0 Å². The molecule has 1 aliphatic rings. The van der Waals surface area contributed by atoms with Crippen LogP contribution in [0.4, 0.5) is 11.4 Å². The summed E-state index contributed by atoms with van der Waals surface area (Å²) in [7, 11) is 3.13. The molecule has 1 aliphatic carbocycles. The maximum absolute atomic E-state index is 11.8. The molecule has 23 heavy (non-hydrogen) atoms. The molecule has 7 heteroatoms. The minimum absolute atomic E-state index is 0.0362. The summed E-state index contributed by atoms with van der Waals surface area (Å²) < 4.78 is 4.65. The SMILES string of the molecule is COC(=O)c1cc(N(C)C2CCC(CO)CC2)ccc1[N+](=O)[O-]. The number of esters is 1. The lowest BCUT2D eigenvalue weighted by atomic mass is 9.86. The van der Waals surface area contributed by atoms with E-state index < -0.39 is 10.9 Å². The van der Waals surface area contributed by atoms with Crippen LogP contribution in [0.1, 0.15) is 36.0 Å². The molecule has 2 rings (SSSR count). The van der Waals surface area contributed by atoms with Gasteiger partial charge in [0.05, 0.1) is 12.0 Å². The van der Waals surface area contributed by atoms with Gasteiger partial charge in [-0.25, -0.2) is 4.79 Å². The number of aliphatic hydroxyl groups excluding tert-OH is 1. The van der Waals surface area contributed by atoms with E-state index in [1.54, 1.807) is 6.07 Å². The monoisotopic (exact) mass is 322 g/mol. The van der Waals surface area contributed by atoms with Crippen molar-refractivity contribution in [3.05, 3.63) is 33.9 Å². The number of methoxy groups -OCH3 is 1. The summed E-state index contributed by atoms with van der Waals surface area (Å²) in [5, 5.41) is 20.3. The van der Waals surface area contributed by atoms with Gasteiger partial charge in [-0.05, 0) is 43.7 Å². The van der Waals surface area contributed by atoms with Gasteiger partial charge in [0, 0.05) is 31.5 Å². The zero-order chi connectivity index (χ0) is 17.0. The summed E-state index contributed by atoms with van der Waals surface area (Å²) in [6, 6.07) is 4.81. The third kappa shape index (κ3) is 3.79. The quantitative estimate of drug-likeness (QED) is 0.508. The van der Waals surface area contributed by atoms with E-state index in [-0.39, 0.29) is 17.9 Å². The Labute approximate surface area is 135 Å². The van der Waals surface area contributed by atoms with E-state index in [1.165, 1.54) is 19.2 Å². The van der Waals surface area contributed by atoms with E-state index in [0.717, 1.165) is 31.4 Å². The van der Waals surface area contributed by atoms with Crippen LogP contribution >= 0.6 is 0 Å². The number of ether oxygens (including phenoxy) is 1. The fourth-order valence-corrected chi connectivity index (χ4v) is 3.10. The number of anilines is 1. The molecule has 0 unspecified atom stereocenters. The lowest BCUT2D eigenvalue weighted by Gasteiger charge is -2.35. The average Bonchev–Trinajstić information content (AvgIpc) is 2.59. The zero-order valence-electron chi connectivity index (χ0n) is 13.4. The van der Waals surface area contributed by atoms with Crippen molar-refractivity contribution in [1.29, 1.82) is 0 Å². The molecule has 0 aliphatic heterocycles. The fourth-order valence-electron chi connectivity index (χ4n) is 3.10. The number of benzene rings is 1. The number of rotatable bonds is 5. The second kappa shape index (κ2) is 7.41. The first-order chi connectivity index (χ1) is 11.0. The van der Waals surface area contributed by atoms with Crippen LogP contribution < -0.4 is 4.90 Å². The predicted molar refractivity (Wildman–Crippen MR) is 85.7 cm³/mol. The highest BCUT2D eigenvalue weighted by Crippen LogP contribution is 2.31. The molecule has 1 aromatic rings. The molecule has 1 N–H and O–H groups in total. The third-order valence-corrected chi connectivity index (χ3v) is 4.61. The Balaban J connectivity index is 2.22. The summed E-state index contributed by atoms with van der Waals surface area (Å²) in [5.74, 6) is -0.349. The van der Waals surface area contributed by atoms with Gasteiger partial charge in [-0.2, -0.15) is 0 Å². The number of nitro benzene ring substituents is 1. The molecular weight excluding hydrogens is 300 g/mol. The van der Waals surface area contributed by atoms with E-state index in [9.17, 15) is 20.0 Å². The predicted octanol–water partition coefficient (Wildman–Crippen LogP) is 2.37. The van der Waals surface area contributed by atoms with Crippen molar-refractivity contribution in [2.45, 2.75) is 31.7 Å². The molecule has 0 spiro atoms. The molecule has 7 nitrogen and oxygen atoms in total. The Hall–Kier alpha value is -2.15. The van der Waals surface area contributed by atoms with Gasteiger partial charge < -0.3 is 14.7 Å². The van der Waals surface area contributed by atoms with Crippen molar-refractivity contribution in [1.82, 2.24) is 0 Å². The number of hydrogen-bond acceptors (Lipinski definition) is 6. The number of hydrogen-bond donors (Lipinski definition) is 1. The standard InChI is InChI=1S/C16H22N2O5/c1-17(12-5-3-11(10-19)4-6-12)13-7-8-15(18(21)22)14(9-13)16(20)23-2/h7-9,11-12,19H,3-6,10H2,1-2H3.